The van der Waals surface area contributed by atoms with E-state index in [2.05, 4.69) is 0 Å². The molecule has 0 spiro atoms. The number of hydrogen-bond donors (Lipinski definition) is 2. The molecule has 1 aromatic carbocycles. The molecule has 1 amide bonds. The number of nitrogens with zero attached hydrogens (tertiary/aromatic N) is 2. The number of aryl methyl sites for hydroxylation is 1. The molecule has 6 heteroatoms. The summed E-state index contributed by atoms with van der Waals surface area (Å²) in [6.07, 6.45) is 0. The fourth-order valence-electron chi connectivity index (χ4n) is 2.75. The summed E-state index contributed by atoms with van der Waals surface area (Å²) in [6.45, 7) is 4.71. The molecule has 3 N–H and O–H groups in total. The van der Waals surface area contributed by atoms with Gasteiger partial charge in [-0.1, -0.05) is 29.8 Å². The molecule has 114 valence electrons. The van der Waals surface area contributed by atoms with E-state index in [-0.39, 0.29) is 12.5 Å². The van der Waals surface area contributed by atoms with Gasteiger partial charge in [-0.2, -0.15) is 0 Å². The maximum absolute atomic E-state index is 11.6. The third kappa shape index (κ3) is 4.03. The summed E-state index contributed by atoms with van der Waals surface area (Å²) >= 11 is 0. The van der Waals surface area contributed by atoms with Gasteiger partial charge < -0.3 is 10.8 Å². The van der Waals surface area contributed by atoms with Crippen LogP contribution >= 0.6 is 0 Å². The Hall–Kier alpha value is -1.92. The van der Waals surface area contributed by atoms with Crippen LogP contribution in [0, 0.1) is 6.92 Å². The molecule has 0 aromatic heterocycles. The van der Waals surface area contributed by atoms with E-state index in [1.165, 1.54) is 0 Å². The number of aliphatic carboxylic acids is 1. The van der Waals surface area contributed by atoms with Gasteiger partial charge in [0.2, 0.25) is 5.91 Å². The summed E-state index contributed by atoms with van der Waals surface area (Å²) in [5.74, 6) is -1.19. The SMILES string of the molecule is Cc1cccc(C(C(=O)O)N2CCN(CC(N)=O)CC2)c1. The summed E-state index contributed by atoms with van der Waals surface area (Å²) in [5, 5.41) is 9.55. The van der Waals surface area contributed by atoms with Crippen LogP contribution in [0.25, 0.3) is 0 Å². The van der Waals surface area contributed by atoms with Crippen LogP contribution in [0.2, 0.25) is 0 Å². The molecule has 1 heterocycles. The first-order valence-corrected chi connectivity index (χ1v) is 7.01. The minimum atomic E-state index is -0.844. The van der Waals surface area contributed by atoms with Gasteiger partial charge in [-0.25, -0.2) is 0 Å². The number of carbonyl (C=O) groups is 2. The smallest absolute Gasteiger partial charge is 0.325 e. The third-order valence-corrected chi connectivity index (χ3v) is 3.74. The number of primary amides is 1. The number of carboxylic acids is 1. The molecular formula is C15H21N3O3. The van der Waals surface area contributed by atoms with E-state index in [9.17, 15) is 14.7 Å². The van der Waals surface area contributed by atoms with E-state index < -0.39 is 12.0 Å². The Morgan fingerprint density at radius 3 is 2.48 bits per heavy atom. The number of nitrogens with two attached hydrogens (primary N) is 1. The van der Waals surface area contributed by atoms with E-state index in [1.807, 2.05) is 41.0 Å². The van der Waals surface area contributed by atoms with E-state index in [1.54, 1.807) is 0 Å². The predicted octanol–water partition coefficient (Wildman–Crippen LogP) is 0.224. The number of carboxylic acid groups (broad SMARTS) is 1. The number of amides is 1. The molecular weight excluding hydrogens is 270 g/mol. The number of hydrogen-bond acceptors (Lipinski definition) is 4. The highest BCUT2D eigenvalue weighted by Gasteiger charge is 2.30. The molecule has 0 aliphatic carbocycles. The molecule has 2 rings (SSSR count). The highest BCUT2D eigenvalue weighted by molar-refractivity contribution is 5.76. The minimum Gasteiger partial charge on any atom is -0.480 e. The molecule has 0 bridgehead atoms. The largest absolute Gasteiger partial charge is 0.480 e. The zero-order chi connectivity index (χ0) is 15.4. The molecule has 1 aromatic rings. The molecule has 6 nitrogen and oxygen atoms in total. The summed E-state index contributed by atoms with van der Waals surface area (Å²) in [7, 11) is 0. The molecule has 1 aliphatic heterocycles. The summed E-state index contributed by atoms with van der Waals surface area (Å²) in [6, 6.07) is 6.95. The van der Waals surface area contributed by atoms with Crippen LogP contribution in [0.1, 0.15) is 17.2 Å². The van der Waals surface area contributed by atoms with Gasteiger partial charge >= 0.3 is 5.97 Å². The van der Waals surface area contributed by atoms with Crippen molar-refractivity contribution in [2.45, 2.75) is 13.0 Å². The Bertz CT molecular complexity index is 525. The third-order valence-electron chi connectivity index (χ3n) is 3.74. The molecule has 1 atom stereocenters. The van der Waals surface area contributed by atoms with Crippen molar-refractivity contribution in [3.63, 3.8) is 0 Å². The van der Waals surface area contributed by atoms with Gasteiger partial charge in [-0.15, -0.1) is 0 Å². The van der Waals surface area contributed by atoms with Crippen molar-refractivity contribution in [1.29, 1.82) is 0 Å². The van der Waals surface area contributed by atoms with Crippen molar-refractivity contribution < 1.29 is 14.7 Å². The lowest BCUT2D eigenvalue weighted by molar-refractivity contribution is -0.144. The maximum Gasteiger partial charge on any atom is 0.325 e. The van der Waals surface area contributed by atoms with Gasteiger partial charge in [0.05, 0.1) is 6.54 Å². The summed E-state index contributed by atoms with van der Waals surface area (Å²) in [5.41, 5.74) is 7.03. The van der Waals surface area contributed by atoms with Crippen molar-refractivity contribution >= 4 is 11.9 Å². The van der Waals surface area contributed by atoms with Crippen LogP contribution in [0.3, 0.4) is 0 Å². The Labute approximate surface area is 124 Å². The molecule has 21 heavy (non-hydrogen) atoms. The van der Waals surface area contributed by atoms with Crippen molar-refractivity contribution in [2.75, 3.05) is 32.7 Å². The fourth-order valence-corrected chi connectivity index (χ4v) is 2.75. The van der Waals surface area contributed by atoms with E-state index >= 15 is 0 Å². The Balaban J connectivity index is 2.07. The van der Waals surface area contributed by atoms with Crippen LogP contribution in [0.15, 0.2) is 24.3 Å². The second kappa shape index (κ2) is 6.69. The van der Waals surface area contributed by atoms with E-state index in [4.69, 9.17) is 5.73 Å². The normalized spacial score (nSPS) is 18.3. The van der Waals surface area contributed by atoms with Crippen LogP contribution in [0.4, 0.5) is 0 Å². The van der Waals surface area contributed by atoms with Crippen molar-refractivity contribution in [1.82, 2.24) is 9.80 Å². The van der Waals surface area contributed by atoms with Gasteiger partial charge in [0.1, 0.15) is 6.04 Å². The van der Waals surface area contributed by atoms with Crippen LogP contribution in [0.5, 0.6) is 0 Å². The minimum absolute atomic E-state index is 0.232. The molecule has 0 radical (unpaired) electrons. The topological polar surface area (TPSA) is 86.9 Å². The average Bonchev–Trinajstić information content (AvgIpc) is 2.40. The molecule has 1 saturated heterocycles. The molecule has 0 saturated carbocycles. The van der Waals surface area contributed by atoms with Gasteiger partial charge in [0, 0.05) is 26.2 Å². The monoisotopic (exact) mass is 291 g/mol. The fraction of sp³-hybridized carbons (Fsp3) is 0.467. The zero-order valence-corrected chi connectivity index (χ0v) is 12.2. The Morgan fingerprint density at radius 2 is 1.95 bits per heavy atom. The lowest BCUT2D eigenvalue weighted by atomic mass is 10.0. The van der Waals surface area contributed by atoms with E-state index in [0.29, 0.717) is 26.2 Å². The number of rotatable bonds is 5. The number of carbonyl (C=O) groups excluding carboxylic acids is 1. The average molecular weight is 291 g/mol. The summed E-state index contributed by atoms with van der Waals surface area (Å²) in [4.78, 5) is 26.5. The predicted molar refractivity (Wildman–Crippen MR) is 78.8 cm³/mol. The highest BCUT2D eigenvalue weighted by atomic mass is 16.4. The second-order valence-corrected chi connectivity index (χ2v) is 5.43. The first kappa shape index (κ1) is 15.5. The number of benzene rings is 1. The maximum atomic E-state index is 11.6. The molecule has 1 fully saturated rings. The number of piperazine rings is 1. The van der Waals surface area contributed by atoms with Crippen LogP contribution in [-0.4, -0.2) is 59.5 Å². The van der Waals surface area contributed by atoms with E-state index in [0.717, 1.165) is 11.1 Å². The van der Waals surface area contributed by atoms with Crippen molar-refractivity contribution in [3.05, 3.63) is 35.4 Å². The molecule has 1 unspecified atom stereocenters. The first-order chi connectivity index (χ1) is 9.97. The van der Waals surface area contributed by atoms with Crippen LogP contribution < -0.4 is 5.73 Å². The van der Waals surface area contributed by atoms with Crippen LogP contribution in [-0.2, 0) is 9.59 Å². The quantitative estimate of drug-likeness (QED) is 0.810. The second-order valence-electron chi connectivity index (χ2n) is 5.43. The highest BCUT2D eigenvalue weighted by Crippen LogP contribution is 2.23. The van der Waals surface area contributed by atoms with Crippen molar-refractivity contribution in [3.8, 4) is 0 Å². The first-order valence-electron chi connectivity index (χ1n) is 7.01. The molecule has 1 aliphatic rings. The lowest BCUT2D eigenvalue weighted by Gasteiger charge is -2.37. The van der Waals surface area contributed by atoms with Gasteiger partial charge in [0.25, 0.3) is 0 Å². The Kier molecular flexibility index (Phi) is 4.93. The van der Waals surface area contributed by atoms with Crippen molar-refractivity contribution in [2.24, 2.45) is 5.73 Å². The Morgan fingerprint density at radius 1 is 1.29 bits per heavy atom. The van der Waals surface area contributed by atoms with Gasteiger partial charge in [-0.3, -0.25) is 19.4 Å². The van der Waals surface area contributed by atoms with Gasteiger partial charge in [0.15, 0.2) is 0 Å². The zero-order valence-electron chi connectivity index (χ0n) is 12.2. The van der Waals surface area contributed by atoms with Gasteiger partial charge in [-0.05, 0) is 12.5 Å². The lowest BCUT2D eigenvalue weighted by Crippen LogP contribution is -2.51. The standard InChI is InChI=1S/C15H21N3O3/c1-11-3-2-4-12(9-11)14(15(20)21)18-7-5-17(6-8-18)10-13(16)19/h2-4,9,14H,5-8,10H2,1H3,(H2,16,19)(H,20,21). The summed E-state index contributed by atoms with van der Waals surface area (Å²) < 4.78 is 0.